The summed E-state index contributed by atoms with van der Waals surface area (Å²) in [4.78, 5) is 11.8. The molecule has 1 aromatic heterocycles. The first kappa shape index (κ1) is 14.1. The van der Waals surface area contributed by atoms with E-state index in [1.165, 1.54) is 16.8 Å². The minimum absolute atomic E-state index is 0.0915. The Morgan fingerprint density at radius 2 is 1.95 bits per heavy atom. The van der Waals surface area contributed by atoms with Gasteiger partial charge in [-0.1, -0.05) is 20.8 Å². The van der Waals surface area contributed by atoms with Crippen LogP contribution >= 0.6 is 0 Å². The molecule has 7 heteroatoms. The fourth-order valence-corrected chi connectivity index (χ4v) is 1.52. The summed E-state index contributed by atoms with van der Waals surface area (Å²) in [6.07, 6.45) is 0. The van der Waals surface area contributed by atoms with Crippen LogP contribution in [-0.4, -0.2) is 26.1 Å². The molecule has 0 aliphatic heterocycles. The molecule has 1 N–H and O–H groups in total. The lowest BCUT2D eigenvalue weighted by Gasteiger charge is -2.17. The molecule has 0 saturated heterocycles. The number of aromatic nitrogens is 4. The second-order valence-corrected chi connectivity index (χ2v) is 5.42. The molecule has 0 atom stereocenters. The Morgan fingerprint density at radius 3 is 2.55 bits per heavy atom. The highest BCUT2D eigenvalue weighted by Gasteiger charge is 2.21. The molecule has 20 heavy (non-hydrogen) atoms. The molecule has 0 unspecified atom stereocenters. The van der Waals surface area contributed by atoms with Gasteiger partial charge in [-0.25, -0.2) is 4.39 Å². The molecule has 0 spiro atoms. The lowest BCUT2D eigenvalue weighted by atomic mass is 9.96. The number of halogens is 1. The summed E-state index contributed by atoms with van der Waals surface area (Å²) in [6.45, 7) is 5.68. The fraction of sp³-hybridized carbons (Fsp3) is 0.385. The van der Waals surface area contributed by atoms with Crippen LogP contribution in [0.5, 0.6) is 0 Å². The van der Waals surface area contributed by atoms with Gasteiger partial charge in [0.2, 0.25) is 5.91 Å². The van der Waals surface area contributed by atoms with Crippen LogP contribution < -0.4 is 5.32 Å². The van der Waals surface area contributed by atoms with E-state index in [-0.39, 0.29) is 18.3 Å². The molecule has 1 heterocycles. The van der Waals surface area contributed by atoms with Gasteiger partial charge in [0, 0.05) is 5.41 Å². The van der Waals surface area contributed by atoms with Gasteiger partial charge < -0.3 is 5.32 Å². The number of nitrogens with one attached hydrogen (secondary N) is 1. The van der Waals surface area contributed by atoms with Gasteiger partial charge in [0.25, 0.3) is 0 Å². The van der Waals surface area contributed by atoms with Gasteiger partial charge in [-0.05, 0) is 34.7 Å². The molecular formula is C13H16FN5O. The first-order valence-corrected chi connectivity index (χ1v) is 6.19. The van der Waals surface area contributed by atoms with Crippen LogP contribution in [0.1, 0.15) is 26.6 Å². The minimum atomic E-state index is -0.478. The molecule has 0 bridgehead atoms. The first-order valence-electron chi connectivity index (χ1n) is 6.19. The van der Waals surface area contributed by atoms with Crippen LogP contribution in [0.15, 0.2) is 24.3 Å². The Kier molecular flexibility index (Phi) is 3.78. The zero-order valence-electron chi connectivity index (χ0n) is 11.6. The molecule has 0 aliphatic rings. The largest absolute Gasteiger partial charge is 0.348 e. The van der Waals surface area contributed by atoms with Crippen molar-refractivity contribution >= 4 is 5.91 Å². The van der Waals surface area contributed by atoms with Crippen LogP contribution in [0.2, 0.25) is 0 Å². The number of hydrogen-bond donors (Lipinski definition) is 1. The molecule has 1 amide bonds. The van der Waals surface area contributed by atoms with Crippen molar-refractivity contribution in [3.8, 4) is 5.69 Å². The lowest BCUT2D eigenvalue weighted by molar-refractivity contribution is -0.128. The van der Waals surface area contributed by atoms with E-state index >= 15 is 0 Å². The van der Waals surface area contributed by atoms with Crippen molar-refractivity contribution in [1.82, 2.24) is 25.5 Å². The minimum Gasteiger partial charge on any atom is -0.348 e. The number of carbonyl (C=O) groups excluding carboxylic acids is 1. The van der Waals surface area contributed by atoms with Crippen LogP contribution in [0.25, 0.3) is 5.69 Å². The molecule has 106 valence electrons. The summed E-state index contributed by atoms with van der Waals surface area (Å²) < 4.78 is 14.4. The van der Waals surface area contributed by atoms with Crippen LogP contribution in [-0.2, 0) is 11.3 Å². The van der Waals surface area contributed by atoms with Crippen LogP contribution in [0.4, 0.5) is 4.39 Å². The lowest BCUT2D eigenvalue weighted by Crippen LogP contribution is -2.35. The standard InChI is InChI=1S/C13H16FN5O/c1-13(2,3)12(20)15-8-11-16-17-18-19(11)10-6-4-9(14)5-7-10/h4-7H,8H2,1-3H3,(H,15,20). The third-order valence-electron chi connectivity index (χ3n) is 2.69. The fourth-order valence-electron chi connectivity index (χ4n) is 1.52. The van der Waals surface area contributed by atoms with Crippen molar-refractivity contribution in [1.29, 1.82) is 0 Å². The zero-order valence-corrected chi connectivity index (χ0v) is 11.6. The van der Waals surface area contributed by atoms with E-state index in [0.29, 0.717) is 11.5 Å². The quantitative estimate of drug-likeness (QED) is 0.922. The normalized spacial score (nSPS) is 11.4. The SMILES string of the molecule is CC(C)(C)C(=O)NCc1nnnn1-c1ccc(F)cc1. The summed E-state index contributed by atoms with van der Waals surface area (Å²) in [6, 6.07) is 5.80. The van der Waals surface area contributed by atoms with E-state index in [2.05, 4.69) is 20.8 Å². The topological polar surface area (TPSA) is 72.7 Å². The smallest absolute Gasteiger partial charge is 0.225 e. The van der Waals surface area contributed by atoms with E-state index < -0.39 is 5.41 Å². The highest BCUT2D eigenvalue weighted by atomic mass is 19.1. The maximum absolute atomic E-state index is 12.9. The van der Waals surface area contributed by atoms with Crippen molar-refractivity contribution < 1.29 is 9.18 Å². The Hall–Kier alpha value is -2.31. The third kappa shape index (κ3) is 3.17. The molecule has 2 aromatic rings. The second kappa shape index (κ2) is 5.36. The average molecular weight is 277 g/mol. The number of tetrazole rings is 1. The average Bonchev–Trinajstić information content (AvgIpc) is 2.84. The zero-order chi connectivity index (χ0) is 14.8. The van der Waals surface area contributed by atoms with E-state index in [1.54, 1.807) is 12.1 Å². The highest BCUT2D eigenvalue weighted by molar-refractivity contribution is 5.81. The second-order valence-electron chi connectivity index (χ2n) is 5.42. The van der Waals surface area contributed by atoms with Gasteiger partial charge in [0.05, 0.1) is 12.2 Å². The van der Waals surface area contributed by atoms with E-state index in [1.807, 2.05) is 20.8 Å². The van der Waals surface area contributed by atoms with Gasteiger partial charge in [-0.15, -0.1) is 5.10 Å². The Bertz CT molecular complexity index is 600. The molecular weight excluding hydrogens is 261 g/mol. The molecule has 0 radical (unpaired) electrons. The number of rotatable bonds is 3. The van der Waals surface area contributed by atoms with Crippen molar-refractivity contribution in [3.05, 3.63) is 35.9 Å². The van der Waals surface area contributed by atoms with E-state index in [9.17, 15) is 9.18 Å². The summed E-state index contributed by atoms with van der Waals surface area (Å²) in [5.74, 6) is 0.0600. The molecule has 0 saturated carbocycles. The summed E-state index contributed by atoms with van der Waals surface area (Å²) in [5.41, 5.74) is 0.158. The number of nitrogens with zero attached hydrogens (tertiary/aromatic N) is 4. The maximum Gasteiger partial charge on any atom is 0.225 e. The maximum atomic E-state index is 12.9. The number of hydrogen-bond acceptors (Lipinski definition) is 4. The molecule has 6 nitrogen and oxygen atoms in total. The molecule has 0 fully saturated rings. The van der Waals surface area contributed by atoms with E-state index in [0.717, 1.165) is 0 Å². The third-order valence-corrected chi connectivity index (χ3v) is 2.69. The number of amides is 1. The predicted molar refractivity (Wildman–Crippen MR) is 70.4 cm³/mol. The first-order chi connectivity index (χ1) is 9.38. The van der Waals surface area contributed by atoms with Gasteiger partial charge in [0.15, 0.2) is 5.82 Å². The van der Waals surface area contributed by atoms with Gasteiger partial charge >= 0.3 is 0 Å². The molecule has 0 aliphatic carbocycles. The van der Waals surface area contributed by atoms with Crippen molar-refractivity contribution in [2.75, 3.05) is 0 Å². The summed E-state index contributed by atoms with van der Waals surface area (Å²) >= 11 is 0. The highest BCUT2D eigenvalue weighted by Crippen LogP contribution is 2.13. The van der Waals surface area contributed by atoms with Crippen LogP contribution in [0.3, 0.4) is 0 Å². The van der Waals surface area contributed by atoms with Crippen molar-refractivity contribution in [3.63, 3.8) is 0 Å². The van der Waals surface area contributed by atoms with Gasteiger partial charge in [0.1, 0.15) is 5.82 Å². The Balaban J connectivity index is 2.13. The van der Waals surface area contributed by atoms with Crippen molar-refractivity contribution in [2.24, 2.45) is 5.41 Å². The molecule has 1 aromatic carbocycles. The molecule has 2 rings (SSSR count). The summed E-state index contributed by atoms with van der Waals surface area (Å²) in [5, 5.41) is 14.0. The van der Waals surface area contributed by atoms with Gasteiger partial charge in [-0.2, -0.15) is 4.68 Å². The Morgan fingerprint density at radius 1 is 1.30 bits per heavy atom. The van der Waals surface area contributed by atoms with Crippen molar-refractivity contribution in [2.45, 2.75) is 27.3 Å². The number of carbonyl (C=O) groups is 1. The predicted octanol–water partition coefficient (Wildman–Crippen LogP) is 1.46. The van der Waals surface area contributed by atoms with Gasteiger partial charge in [-0.3, -0.25) is 4.79 Å². The Labute approximate surface area is 116 Å². The number of benzene rings is 1. The van der Waals surface area contributed by atoms with Crippen LogP contribution in [0, 0.1) is 11.2 Å². The summed E-state index contributed by atoms with van der Waals surface area (Å²) in [7, 11) is 0. The monoisotopic (exact) mass is 277 g/mol. The van der Waals surface area contributed by atoms with E-state index in [4.69, 9.17) is 0 Å².